The molecule has 104 valence electrons. The molecule has 0 aliphatic heterocycles. The number of nitrogens with one attached hydrogen (secondary N) is 1. The van der Waals surface area contributed by atoms with Gasteiger partial charge in [0, 0.05) is 17.8 Å². The van der Waals surface area contributed by atoms with Crippen molar-refractivity contribution in [2.45, 2.75) is 0 Å². The van der Waals surface area contributed by atoms with Crippen LogP contribution in [0.2, 0.25) is 0 Å². The van der Waals surface area contributed by atoms with Crippen LogP contribution in [-0.2, 0) is 0 Å². The summed E-state index contributed by atoms with van der Waals surface area (Å²) in [5.41, 5.74) is 1.64. The molecule has 1 N–H and O–H groups in total. The van der Waals surface area contributed by atoms with Crippen molar-refractivity contribution in [3.63, 3.8) is 0 Å². The van der Waals surface area contributed by atoms with Gasteiger partial charge < -0.3 is 9.72 Å². The van der Waals surface area contributed by atoms with Gasteiger partial charge in [0.25, 0.3) is 5.56 Å². The van der Waals surface area contributed by atoms with Crippen LogP contribution in [-0.4, -0.2) is 22.1 Å². The molecule has 2 heterocycles. The van der Waals surface area contributed by atoms with E-state index < -0.39 is 0 Å². The van der Waals surface area contributed by atoms with Gasteiger partial charge in [-0.05, 0) is 12.1 Å². The molecule has 0 saturated carbocycles. The van der Waals surface area contributed by atoms with Crippen molar-refractivity contribution in [3.05, 3.63) is 65.1 Å². The first-order chi connectivity index (χ1) is 10.3. The normalized spacial score (nSPS) is 10.3. The number of hydrogen-bond acceptors (Lipinski definition) is 4. The molecule has 21 heavy (non-hydrogen) atoms. The van der Waals surface area contributed by atoms with E-state index in [0.29, 0.717) is 23.0 Å². The van der Waals surface area contributed by atoms with Crippen molar-refractivity contribution in [1.82, 2.24) is 15.0 Å². The van der Waals surface area contributed by atoms with Crippen molar-refractivity contribution in [1.29, 1.82) is 0 Å². The Morgan fingerprint density at radius 2 is 1.90 bits per heavy atom. The van der Waals surface area contributed by atoms with E-state index in [2.05, 4.69) is 15.0 Å². The van der Waals surface area contributed by atoms with E-state index in [4.69, 9.17) is 4.74 Å². The van der Waals surface area contributed by atoms with Crippen molar-refractivity contribution in [3.8, 4) is 28.5 Å². The van der Waals surface area contributed by atoms with E-state index in [-0.39, 0.29) is 5.56 Å². The molecular formula is C16H13N3O2. The van der Waals surface area contributed by atoms with Crippen LogP contribution in [0, 0.1) is 0 Å². The number of methoxy groups -OCH3 is 1. The van der Waals surface area contributed by atoms with Crippen molar-refractivity contribution < 1.29 is 4.74 Å². The highest BCUT2D eigenvalue weighted by molar-refractivity contribution is 5.65. The first-order valence-electron chi connectivity index (χ1n) is 6.44. The van der Waals surface area contributed by atoms with Gasteiger partial charge in [-0.3, -0.25) is 9.78 Å². The number of aromatic nitrogens is 3. The van der Waals surface area contributed by atoms with E-state index in [1.807, 2.05) is 30.3 Å². The maximum atomic E-state index is 11.9. The smallest absolute Gasteiger partial charge is 0.251 e. The van der Waals surface area contributed by atoms with Gasteiger partial charge in [-0.1, -0.05) is 30.3 Å². The molecule has 5 heteroatoms. The van der Waals surface area contributed by atoms with Crippen LogP contribution in [0.15, 0.2) is 59.5 Å². The summed E-state index contributed by atoms with van der Waals surface area (Å²) in [6.07, 6.45) is 1.64. The summed E-state index contributed by atoms with van der Waals surface area (Å²) in [7, 11) is 1.56. The summed E-state index contributed by atoms with van der Waals surface area (Å²) in [5.74, 6) is 1.08. The average Bonchev–Trinajstić information content (AvgIpc) is 2.55. The fourth-order valence-corrected chi connectivity index (χ4v) is 2.06. The van der Waals surface area contributed by atoms with Gasteiger partial charge in [-0.25, -0.2) is 4.98 Å². The fourth-order valence-electron chi connectivity index (χ4n) is 2.06. The zero-order valence-corrected chi connectivity index (χ0v) is 11.4. The van der Waals surface area contributed by atoms with E-state index in [1.54, 1.807) is 25.4 Å². The van der Waals surface area contributed by atoms with Crippen LogP contribution in [0.5, 0.6) is 5.75 Å². The first-order valence-corrected chi connectivity index (χ1v) is 6.44. The lowest BCUT2D eigenvalue weighted by molar-refractivity contribution is 0.414. The lowest BCUT2D eigenvalue weighted by Gasteiger charge is -2.07. The van der Waals surface area contributed by atoms with Crippen LogP contribution in [0.25, 0.3) is 22.8 Å². The van der Waals surface area contributed by atoms with Crippen molar-refractivity contribution in [2.75, 3.05) is 7.11 Å². The van der Waals surface area contributed by atoms with Gasteiger partial charge in [0.05, 0.1) is 7.11 Å². The molecule has 0 atom stereocenters. The van der Waals surface area contributed by atoms with Gasteiger partial charge in [0.2, 0.25) is 0 Å². The van der Waals surface area contributed by atoms with Gasteiger partial charge in [-0.15, -0.1) is 0 Å². The lowest BCUT2D eigenvalue weighted by Crippen LogP contribution is -2.09. The molecule has 3 rings (SSSR count). The predicted octanol–water partition coefficient (Wildman–Crippen LogP) is 2.51. The van der Waals surface area contributed by atoms with Gasteiger partial charge in [0.1, 0.15) is 23.0 Å². The minimum absolute atomic E-state index is 0.230. The number of ether oxygens (including phenoxy) is 1. The molecular weight excluding hydrogens is 266 g/mol. The Kier molecular flexibility index (Phi) is 3.47. The van der Waals surface area contributed by atoms with Crippen LogP contribution in [0.1, 0.15) is 0 Å². The quantitative estimate of drug-likeness (QED) is 0.800. The summed E-state index contributed by atoms with van der Waals surface area (Å²) in [4.78, 5) is 23.4. The van der Waals surface area contributed by atoms with E-state index in [1.165, 1.54) is 6.07 Å². The summed E-state index contributed by atoms with van der Waals surface area (Å²) in [6.45, 7) is 0. The van der Waals surface area contributed by atoms with Gasteiger partial charge >= 0.3 is 0 Å². The Labute approximate surface area is 121 Å². The van der Waals surface area contributed by atoms with E-state index in [9.17, 15) is 4.79 Å². The average molecular weight is 279 g/mol. The zero-order valence-electron chi connectivity index (χ0n) is 11.4. The molecule has 3 aromatic rings. The zero-order chi connectivity index (χ0) is 14.7. The van der Waals surface area contributed by atoms with Crippen LogP contribution in [0.4, 0.5) is 0 Å². The second kappa shape index (κ2) is 5.58. The van der Waals surface area contributed by atoms with Crippen LogP contribution in [0.3, 0.4) is 0 Å². The number of H-pyrrole nitrogens is 1. The number of aromatic amines is 1. The Hall–Kier alpha value is -2.95. The van der Waals surface area contributed by atoms with Crippen molar-refractivity contribution >= 4 is 0 Å². The van der Waals surface area contributed by atoms with Gasteiger partial charge in [0.15, 0.2) is 0 Å². The molecule has 0 aliphatic rings. The molecule has 0 unspecified atom stereocenters. The Bertz CT molecular complexity index is 813. The van der Waals surface area contributed by atoms with Gasteiger partial charge in [-0.2, -0.15) is 0 Å². The third kappa shape index (κ3) is 2.67. The highest BCUT2D eigenvalue weighted by atomic mass is 16.5. The molecule has 0 saturated heterocycles. The number of hydrogen-bond donors (Lipinski definition) is 1. The Morgan fingerprint density at radius 3 is 2.67 bits per heavy atom. The summed E-state index contributed by atoms with van der Waals surface area (Å²) in [6, 6.07) is 14.4. The summed E-state index contributed by atoms with van der Waals surface area (Å²) < 4.78 is 5.27. The molecule has 0 aliphatic carbocycles. The molecule has 1 aromatic carbocycles. The first kappa shape index (κ1) is 13.1. The largest absolute Gasteiger partial charge is 0.494 e. The Balaban J connectivity index is 2.17. The van der Waals surface area contributed by atoms with Crippen molar-refractivity contribution in [2.24, 2.45) is 0 Å². The number of nitrogens with zero attached hydrogens (tertiary/aromatic N) is 2. The van der Waals surface area contributed by atoms with Crippen LogP contribution >= 0.6 is 0 Å². The number of benzene rings is 1. The standard InChI is InChI=1S/C16H13N3O2/c1-21-13-8-5-9-17-15(13)12-10-14(20)19-16(18-12)11-6-3-2-4-7-11/h2-10H,1H3,(H,18,19,20). The van der Waals surface area contributed by atoms with E-state index in [0.717, 1.165) is 5.56 Å². The predicted molar refractivity (Wildman–Crippen MR) is 80.1 cm³/mol. The summed E-state index contributed by atoms with van der Waals surface area (Å²) >= 11 is 0. The molecule has 0 fully saturated rings. The third-order valence-electron chi connectivity index (χ3n) is 3.02. The topological polar surface area (TPSA) is 67.9 Å². The Morgan fingerprint density at radius 1 is 1.10 bits per heavy atom. The molecule has 0 radical (unpaired) electrons. The highest BCUT2D eigenvalue weighted by Crippen LogP contribution is 2.25. The molecule has 0 spiro atoms. The molecule has 2 aromatic heterocycles. The van der Waals surface area contributed by atoms with E-state index >= 15 is 0 Å². The minimum atomic E-state index is -0.230. The molecule has 0 bridgehead atoms. The second-order valence-electron chi connectivity index (χ2n) is 4.40. The maximum absolute atomic E-state index is 11.9. The lowest BCUT2D eigenvalue weighted by atomic mass is 10.2. The number of rotatable bonds is 3. The molecule has 5 nitrogen and oxygen atoms in total. The SMILES string of the molecule is COc1cccnc1-c1cc(=O)[nH]c(-c2ccccc2)n1. The fraction of sp³-hybridized carbons (Fsp3) is 0.0625. The highest BCUT2D eigenvalue weighted by Gasteiger charge is 2.11. The maximum Gasteiger partial charge on any atom is 0.251 e. The third-order valence-corrected chi connectivity index (χ3v) is 3.02. The summed E-state index contributed by atoms with van der Waals surface area (Å²) in [5, 5.41) is 0. The van der Waals surface area contributed by atoms with Crippen LogP contribution < -0.4 is 10.3 Å². The monoisotopic (exact) mass is 279 g/mol. The minimum Gasteiger partial charge on any atom is -0.494 e. The second-order valence-corrected chi connectivity index (χ2v) is 4.40. The number of pyridine rings is 1. The molecule has 0 amide bonds.